The number of para-hydroxylation sites is 2. The number of nitriles is 1. The van der Waals surface area contributed by atoms with Crippen LogP contribution < -0.4 is 9.75 Å². The van der Waals surface area contributed by atoms with Crippen molar-refractivity contribution in [2.24, 2.45) is 0 Å². The molecule has 33 heavy (non-hydrogen) atoms. The summed E-state index contributed by atoms with van der Waals surface area (Å²) in [7, 11) is 1.95. The molecular weight excluding hydrogens is 410 g/mol. The molecule has 6 heteroatoms. The van der Waals surface area contributed by atoms with Crippen LogP contribution in [0.1, 0.15) is 11.3 Å². The smallest absolute Gasteiger partial charge is 0.148 e. The fourth-order valence-corrected chi connectivity index (χ4v) is 3.72. The molecule has 0 aliphatic rings. The summed E-state index contributed by atoms with van der Waals surface area (Å²) in [6.45, 7) is 0.504. The summed E-state index contributed by atoms with van der Waals surface area (Å²) in [4.78, 5) is 8.88. The SMILES string of the molecule is CN(c1cnc(C#N)c(-c2ccc(OCc3ccccc3)cc2)c1)n1cnc2ccccc21. The fraction of sp³-hybridized carbons (Fsp3) is 0.0741. The Morgan fingerprint density at radius 2 is 1.70 bits per heavy atom. The molecule has 3 aromatic carbocycles. The molecule has 160 valence electrons. The van der Waals surface area contributed by atoms with Crippen LogP contribution in [0.5, 0.6) is 5.75 Å². The van der Waals surface area contributed by atoms with Gasteiger partial charge < -0.3 is 4.74 Å². The molecule has 0 amide bonds. The van der Waals surface area contributed by atoms with Crippen LogP contribution in [0, 0.1) is 11.3 Å². The highest BCUT2D eigenvalue weighted by atomic mass is 16.5. The molecule has 6 nitrogen and oxygen atoms in total. The largest absolute Gasteiger partial charge is 0.489 e. The Kier molecular flexibility index (Phi) is 5.44. The molecule has 2 aromatic heterocycles. The highest BCUT2D eigenvalue weighted by Crippen LogP contribution is 2.29. The van der Waals surface area contributed by atoms with Gasteiger partial charge in [-0.15, -0.1) is 0 Å². The second kappa shape index (κ2) is 8.85. The Morgan fingerprint density at radius 1 is 0.939 bits per heavy atom. The van der Waals surface area contributed by atoms with E-state index in [1.165, 1.54) is 0 Å². The molecule has 0 N–H and O–H groups in total. The molecule has 0 unspecified atom stereocenters. The third-order valence-electron chi connectivity index (χ3n) is 5.52. The molecule has 0 aliphatic heterocycles. The van der Waals surface area contributed by atoms with Crippen LogP contribution in [0.25, 0.3) is 22.2 Å². The van der Waals surface area contributed by atoms with Gasteiger partial charge in [-0.1, -0.05) is 54.6 Å². The first-order valence-corrected chi connectivity index (χ1v) is 10.6. The summed E-state index contributed by atoms with van der Waals surface area (Å²) >= 11 is 0. The van der Waals surface area contributed by atoms with Crippen LogP contribution in [-0.4, -0.2) is 21.7 Å². The molecule has 0 spiro atoms. The van der Waals surface area contributed by atoms with Gasteiger partial charge in [0.1, 0.15) is 30.4 Å². The van der Waals surface area contributed by atoms with Crippen molar-refractivity contribution in [3.05, 3.63) is 109 Å². The maximum atomic E-state index is 9.63. The van der Waals surface area contributed by atoms with E-state index in [1.54, 1.807) is 12.5 Å². The van der Waals surface area contributed by atoms with Crippen molar-refractivity contribution in [1.29, 1.82) is 5.26 Å². The van der Waals surface area contributed by atoms with Gasteiger partial charge in [-0.05, 0) is 41.5 Å². The number of anilines is 1. The van der Waals surface area contributed by atoms with E-state index in [1.807, 2.05) is 102 Å². The summed E-state index contributed by atoms with van der Waals surface area (Å²) in [6.07, 6.45) is 3.48. The number of nitrogens with zero attached hydrogens (tertiary/aromatic N) is 5. The van der Waals surface area contributed by atoms with Gasteiger partial charge in [-0.25, -0.2) is 14.6 Å². The fourth-order valence-electron chi connectivity index (χ4n) is 3.72. The number of hydrogen-bond donors (Lipinski definition) is 0. The minimum atomic E-state index is 0.376. The van der Waals surface area contributed by atoms with Crippen molar-refractivity contribution in [1.82, 2.24) is 14.6 Å². The first-order valence-electron chi connectivity index (χ1n) is 10.6. The van der Waals surface area contributed by atoms with Crippen molar-refractivity contribution >= 4 is 16.7 Å². The average molecular weight is 431 g/mol. The van der Waals surface area contributed by atoms with E-state index in [0.717, 1.165) is 39.2 Å². The summed E-state index contributed by atoms with van der Waals surface area (Å²) in [5, 5.41) is 11.6. The summed E-state index contributed by atoms with van der Waals surface area (Å²) < 4.78 is 7.85. The molecule has 0 aliphatic carbocycles. The lowest BCUT2D eigenvalue weighted by Crippen LogP contribution is -2.23. The normalized spacial score (nSPS) is 10.7. The molecule has 0 saturated heterocycles. The molecule has 0 fully saturated rings. The number of imidazole rings is 1. The first kappa shape index (κ1) is 20.3. The number of fused-ring (bicyclic) bond motifs is 1. The van der Waals surface area contributed by atoms with Crippen LogP contribution in [0.15, 0.2) is 97.5 Å². The average Bonchev–Trinajstić information content (AvgIpc) is 3.32. The van der Waals surface area contributed by atoms with Gasteiger partial charge in [0.25, 0.3) is 0 Å². The summed E-state index contributed by atoms with van der Waals surface area (Å²) in [5.41, 5.74) is 5.90. The van der Waals surface area contributed by atoms with Gasteiger partial charge in [-0.2, -0.15) is 5.26 Å². The Morgan fingerprint density at radius 3 is 2.48 bits per heavy atom. The van der Waals surface area contributed by atoms with E-state index in [9.17, 15) is 5.26 Å². The topological polar surface area (TPSA) is 67.0 Å². The Labute approximate surface area is 191 Å². The summed E-state index contributed by atoms with van der Waals surface area (Å²) in [6, 6.07) is 29.9. The number of benzene rings is 3. The van der Waals surface area contributed by atoms with E-state index in [2.05, 4.69) is 16.0 Å². The highest BCUT2D eigenvalue weighted by Gasteiger charge is 2.13. The quantitative estimate of drug-likeness (QED) is 0.358. The van der Waals surface area contributed by atoms with Crippen molar-refractivity contribution in [3.63, 3.8) is 0 Å². The molecule has 0 bridgehead atoms. The monoisotopic (exact) mass is 431 g/mol. The van der Waals surface area contributed by atoms with E-state index in [-0.39, 0.29) is 0 Å². The van der Waals surface area contributed by atoms with Crippen molar-refractivity contribution in [2.75, 3.05) is 12.1 Å². The van der Waals surface area contributed by atoms with Crippen molar-refractivity contribution in [3.8, 4) is 22.9 Å². The minimum absolute atomic E-state index is 0.376. The Balaban J connectivity index is 1.42. The van der Waals surface area contributed by atoms with Gasteiger partial charge in [0.05, 0.1) is 22.9 Å². The first-order chi connectivity index (χ1) is 16.2. The third-order valence-corrected chi connectivity index (χ3v) is 5.52. The zero-order valence-corrected chi connectivity index (χ0v) is 18.1. The molecule has 0 atom stereocenters. The predicted molar refractivity (Wildman–Crippen MR) is 129 cm³/mol. The minimum Gasteiger partial charge on any atom is -0.489 e. The standard InChI is InChI=1S/C27H21N5O/c1-31(32-19-30-25-9-5-6-10-27(25)32)22-15-24(26(16-28)29-17-22)21-11-13-23(14-12-21)33-18-20-7-3-2-4-8-20/h2-15,17,19H,18H2,1H3. The lowest BCUT2D eigenvalue weighted by molar-refractivity contribution is 0.306. The van der Waals surface area contributed by atoms with Gasteiger partial charge >= 0.3 is 0 Å². The van der Waals surface area contributed by atoms with Crippen molar-refractivity contribution in [2.45, 2.75) is 6.61 Å². The lowest BCUT2D eigenvalue weighted by atomic mass is 10.0. The van der Waals surface area contributed by atoms with Crippen LogP contribution >= 0.6 is 0 Å². The highest BCUT2D eigenvalue weighted by molar-refractivity contribution is 5.77. The predicted octanol–water partition coefficient (Wildman–Crippen LogP) is 5.45. The van der Waals surface area contributed by atoms with Crippen LogP contribution in [0.2, 0.25) is 0 Å². The molecule has 2 heterocycles. The van der Waals surface area contributed by atoms with E-state index in [4.69, 9.17) is 4.74 Å². The van der Waals surface area contributed by atoms with Crippen molar-refractivity contribution < 1.29 is 4.74 Å². The van der Waals surface area contributed by atoms with E-state index < -0.39 is 0 Å². The van der Waals surface area contributed by atoms with Crippen LogP contribution in [-0.2, 0) is 6.61 Å². The number of ether oxygens (including phenoxy) is 1. The van der Waals surface area contributed by atoms with E-state index in [0.29, 0.717) is 12.3 Å². The molecule has 0 saturated carbocycles. The number of hydrogen-bond acceptors (Lipinski definition) is 5. The third kappa shape index (κ3) is 4.12. The maximum absolute atomic E-state index is 9.63. The van der Waals surface area contributed by atoms with E-state index >= 15 is 0 Å². The molecular formula is C27H21N5O. The lowest BCUT2D eigenvalue weighted by Gasteiger charge is -2.21. The van der Waals surface area contributed by atoms with Gasteiger partial charge in [0.2, 0.25) is 0 Å². The van der Waals surface area contributed by atoms with Crippen LogP contribution in [0.3, 0.4) is 0 Å². The van der Waals surface area contributed by atoms with Gasteiger partial charge in [0.15, 0.2) is 0 Å². The maximum Gasteiger partial charge on any atom is 0.148 e. The second-order valence-electron chi connectivity index (χ2n) is 7.60. The summed E-state index contributed by atoms with van der Waals surface area (Å²) in [5.74, 6) is 0.771. The Hall–Kier alpha value is -4.63. The number of rotatable bonds is 6. The zero-order chi connectivity index (χ0) is 22.6. The number of pyridine rings is 1. The molecule has 5 rings (SSSR count). The van der Waals surface area contributed by atoms with Gasteiger partial charge in [-0.3, -0.25) is 5.01 Å². The zero-order valence-electron chi connectivity index (χ0n) is 18.1. The Bertz CT molecular complexity index is 1440. The number of aromatic nitrogens is 3. The molecule has 5 aromatic rings. The molecule has 0 radical (unpaired) electrons. The van der Waals surface area contributed by atoms with Crippen LogP contribution in [0.4, 0.5) is 5.69 Å². The second-order valence-corrected chi connectivity index (χ2v) is 7.60. The van der Waals surface area contributed by atoms with Gasteiger partial charge in [0, 0.05) is 12.6 Å².